The van der Waals surface area contributed by atoms with E-state index in [9.17, 15) is 18.4 Å². The van der Waals surface area contributed by atoms with Crippen molar-refractivity contribution in [3.8, 4) is 11.3 Å². The summed E-state index contributed by atoms with van der Waals surface area (Å²) >= 11 is 0. The molecule has 1 aliphatic rings. The normalized spacial score (nSPS) is 13.5. The second kappa shape index (κ2) is 6.91. The third-order valence-corrected chi connectivity index (χ3v) is 5.33. The second-order valence-corrected chi connectivity index (χ2v) is 7.17. The van der Waals surface area contributed by atoms with Gasteiger partial charge >= 0.3 is 5.69 Å². The van der Waals surface area contributed by atoms with Gasteiger partial charge in [0, 0.05) is 41.5 Å². The molecule has 2 aromatic carbocycles. The maximum absolute atomic E-state index is 14.2. The Morgan fingerprint density at radius 1 is 1.07 bits per heavy atom. The highest BCUT2D eigenvalue weighted by Gasteiger charge is 2.26. The van der Waals surface area contributed by atoms with Gasteiger partial charge in [-0.3, -0.25) is 9.20 Å². The summed E-state index contributed by atoms with van der Waals surface area (Å²) in [5, 5.41) is 0. The van der Waals surface area contributed by atoms with Crippen molar-refractivity contribution in [2.75, 3.05) is 6.54 Å². The van der Waals surface area contributed by atoms with Gasteiger partial charge in [0.2, 0.25) is 0 Å². The monoisotopic (exact) mass is 406 g/mol. The lowest BCUT2D eigenvalue weighted by Crippen LogP contribution is -2.38. The zero-order chi connectivity index (χ0) is 20.8. The van der Waals surface area contributed by atoms with Crippen molar-refractivity contribution >= 4 is 11.6 Å². The number of benzene rings is 2. The van der Waals surface area contributed by atoms with E-state index >= 15 is 0 Å². The Bertz CT molecular complexity index is 1340. The van der Waals surface area contributed by atoms with Gasteiger partial charge in [-0.05, 0) is 36.4 Å². The van der Waals surface area contributed by atoms with E-state index in [1.807, 2.05) is 0 Å². The van der Waals surface area contributed by atoms with Gasteiger partial charge in [0.15, 0.2) is 0 Å². The minimum absolute atomic E-state index is 0.231. The molecule has 0 saturated heterocycles. The molecule has 0 fully saturated rings. The van der Waals surface area contributed by atoms with Gasteiger partial charge in [0.05, 0.1) is 12.2 Å². The van der Waals surface area contributed by atoms with Crippen LogP contribution in [0.2, 0.25) is 0 Å². The van der Waals surface area contributed by atoms with E-state index in [1.165, 1.54) is 40.9 Å². The van der Waals surface area contributed by atoms with Crippen LogP contribution in [0.4, 0.5) is 8.78 Å². The number of carbonyl (C=O) groups excluding carboxylic acids is 1. The molecule has 0 aliphatic carbocycles. The van der Waals surface area contributed by atoms with Crippen LogP contribution in [-0.2, 0) is 13.0 Å². The van der Waals surface area contributed by atoms with Crippen molar-refractivity contribution in [3.63, 3.8) is 0 Å². The molecule has 0 atom stereocenters. The summed E-state index contributed by atoms with van der Waals surface area (Å²) in [6.07, 6.45) is 1.95. The zero-order valence-electron chi connectivity index (χ0n) is 15.7. The molecule has 0 saturated carbocycles. The van der Waals surface area contributed by atoms with Crippen LogP contribution < -0.4 is 5.69 Å². The minimum Gasteiger partial charge on any atom is -0.334 e. The first-order valence-corrected chi connectivity index (χ1v) is 9.44. The first-order chi connectivity index (χ1) is 14.5. The molecule has 1 amide bonds. The number of aromatic amines is 1. The van der Waals surface area contributed by atoms with Crippen LogP contribution in [0.5, 0.6) is 0 Å². The molecule has 0 radical (unpaired) electrons. The number of rotatable bonds is 2. The van der Waals surface area contributed by atoms with Crippen LogP contribution in [0.25, 0.3) is 16.9 Å². The fourth-order valence-corrected chi connectivity index (χ4v) is 3.79. The Labute approximate surface area is 169 Å². The Hall–Kier alpha value is -3.81. The van der Waals surface area contributed by atoms with Gasteiger partial charge in [-0.15, -0.1) is 0 Å². The van der Waals surface area contributed by atoms with Crippen molar-refractivity contribution in [2.45, 2.75) is 13.0 Å². The van der Waals surface area contributed by atoms with Gasteiger partial charge < -0.3 is 9.88 Å². The van der Waals surface area contributed by atoms with E-state index in [-0.39, 0.29) is 18.1 Å². The van der Waals surface area contributed by atoms with E-state index in [4.69, 9.17) is 0 Å². The van der Waals surface area contributed by atoms with Crippen molar-refractivity contribution in [1.29, 1.82) is 0 Å². The third-order valence-electron chi connectivity index (χ3n) is 5.33. The molecule has 30 heavy (non-hydrogen) atoms. The SMILES string of the molecule is O=C(c1ccc(F)cc1)N1CCc2[nH]c(=O)n3cc(-c4ccccc4F)nc3c2C1. The van der Waals surface area contributed by atoms with Crippen molar-refractivity contribution < 1.29 is 13.6 Å². The Kier molecular flexibility index (Phi) is 4.20. The van der Waals surface area contributed by atoms with Gasteiger partial charge in [-0.2, -0.15) is 0 Å². The van der Waals surface area contributed by atoms with Gasteiger partial charge in [0.25, 0.3) is 5.91 Å². The number of fused-ring (bicyclic) bond motifs is 3. The molecule has 0 bridgehead atoms. The van der Waals surface area contributed by atoms with Crippen LogP contribution >= 0.6 is 0 Å². The number of nitrogens with zero attached hydrogens (tertiary/aromatic N) is 3. The molecule has 8 heteroatoms. The fourth-order valence-electron chi connectivity index (χ4n) is 3.79. The maximum atomic E-state index is 14.2. The van der Waals surface area contributed by atoms with Crippen molar-refractivity contribution in [2.24, 2.45) is 0 Å². The molecule has 0 unspecified atom stereocenters. The first kappa shape index (κ1) is 18.2. The van der Waals surface area contributed by atoms with Crippen LogP contribution in [0.3, 0.4) is 0 Å². The predicted molar refractivity (Wildman–Crippen MR) is 106 cm³/mol. The number of carbonyl (C=O) groups is 1. The number of hydrogen-bond acceptors (Lipinski definition) is 3. The molecule has 1 N–H and O–H groups in total. The summed E-state index contributed by atoms with van der Waals surface area (Å²) in [5.74, 6) is -1.07. The number of imidazole rings is 1. The average molecular weight is 406 g/mol. The number of halogens is 2. The van der Waals surface area contributed by atoms with Gasteiger partial charge in [-0.25, -0.2) is 18.6 Å². The van der Waals surface area contributed by atoms with E-state index in [2.05, 4.69) is 9.97 Å². The molecule has 4 aromatic rings. The maximum Gasteiger partial charge on any atom is 0.331 e. The smallest absolute Gasteiger partial charge is 0.331 e. The molecular weight excluding hydrogens is 390 g/mol. The van der Waals surface area contributed by atoms with Crippen LogP contribution in [0.1, 0.15) is 21.6 Å². The molecule has 1 aliphatic heterocycles. The fraction of sp³-hybridized carbons (Fsp3) is 0.136. The summed E-state index contributed by atoms with van der Waals surface area (Å²) in [6.45, 7) is 0.649. The summed E-state index contributed by atoms with van der Waals surface area (Å²) in [5.41, 5.74) is 2.47. The molecule has 6 nitrogen and oxygen atoms in total. The Balaban J connectivity index is 1.57. The Morgan fingerprint density at radius 3 is 2.60 bits per heavy atom. The molecule has 150 valence electrons. The highest BCUT2D eigenvalue weighted by atomic mass is 19.1. The lowest BCUT2D eigenvalue weighted by molar-refractivity contribution is 0.0734. The lowest BCUT2D eigenvalue weighted by Gasteiger charge is -2.28. The quantitative estimate of drug-likeness (QED) is 0.556. The second-order valence-electron chi connectivity index (χ2n) is 7.17. The van der Waals surface area contributed by atoms with E-state index < -0.39 is 11.6 Å². The van der Waals surface area contributed by atoms with E-state index in [1.54, 1.807) is 23.1 Å². The van der Waals surface area contributed by atoms with E-state index in [0.29, 0.717) is 46.7 Å². The molecular formula is C22H16F2N4O2. The predicted octanol–water partition coefficient (Wildman–Crippen LogP) is 3.17. The lowest BCUT2D eigenvalue weighted by atomic mass is 10.1. The van der Waals surface area contributed by atoms with Gasteiger partial charge in [-0.1, -0.05) is 12.1 Å². The molecule has 5 rings (SSSR count). The van der Waals surface area contributed by atoms with Crippen LogP contribution in [-0.4, -0.2) is 31.7 Å². The minimum atomic E-state index is -0.431. The number of H-pyrrole nitrogens is 1. The summed E-state index contributed by atoms with van der Waals surface area (Å²) in [7, 11) is 0. The Morgan fingerprint density at radius 2 is 1.83 bits per heavy atom. The van der Waals surface area contributed by atoms with Crippen LogP contribution in [0, 0.1) is 11.6 Å². The molecule has 3 heterocycles. The largest absolute Gasteiger partial charge is 0.334 e. The molecule has 0 spiro atoms. The van der Waals surface area contributed by atoms with Crippen molar-refractivity contribution in [1.82, 2.24) is 19.3 Å². The zero-order valence-corrected chi connectivity index (χ0v) is 15.7. The topological polar surface area (TPSA) is 70.5 Å². The van der Waals surface area contributed by atoms with Crippen LogP contribution in [0.15, 0.2) is 59.5 Å². The standard InChI is InChI=1S/C22H16F2N4O2/c23-14-7-5-13(6-8-14)21(29)27-10-9-18-16(11-27)20-25-19(12-28(20)22(30)26-18)15-3-1-2-4-17(15)24/h1-8,12H,9-11H2,(H,26,30). The number of nitrogens with one attached hydrogen (secondary N) is 1. The number of aromatic nitrogens is 3. The highest BCUT2D eigenvalue weighted by Crippen LogP contribution is 2.26. The summed E-state index contributed by atoms with van der Waals surface area (Å²) in [6, 6.07) is 11.6. The average Bonchev–Trinajstić information content (AvgIpc) is 3.20. The van der Waals surface area contributed by atoms with Gasteiger partial charge in [0.1, 0.15) is 17.3 Å². The van der Waals surface area contributed by atoms with Crippen molar-refractivity contribution in [3.05, 3.63) is 93.7 Å². The highest BCUT2D eigenvalue weighted by molar-refractivity contribution is 5.94. The molecule has 2 aromatic heterocycles. The summed E-state index contributed by atoms with van der Waals surface area (Å²) in [4.78, 5) is 34.3. The number of hydrogen-bond donors (Lipinski definition) is 1. The van der Waals surface area contributed by atoms with E-state index in [0.717, 1.165) is 0 Å². The number of amides is 1. The first-order valence-electron chi connectivity index (χ1n) is 9.44. The third kappa shape index (κ3) is 2.97. The summed E-state index contributed by atoms with van der Waals surface area (Å²) < 4.78 is 28.7.